The van der Waals surface area contributed by atoms with Gasteiger partial charge in [-0.05, 0) is 6.92 Å². The lowest BCUT2D eigenvalue weighted by atomic mass is 10.4. The molecule has 3 nitrogen and oxygen atoms in total. The monoisotopic (exact) mass is 148 g/mol. The number of thioether (sulfide) groups is 1. The average Bonchev–Trinajstić information content (AvgIpc) is 1.63. The van der Waals surface area contributed by atoms with Crippen LogP contribution in [0.25, 0.3) is 0 Å². The molecule has 0 aliphatic rings. The van der Waals surface area contributed by atoms with Gasteiger partial charge in [-0.1, -0.05) is 0 Å². The molecule has 0 heterocycles. The van der Waals surface area contributed by atoms with E-state index in [0.29, 0.717) is 5.75 Å². The molecule has 4 heteroatoms. The maximum atomic E-state index is 10.1. The summed E-state index contributed by atoms with van der Waals surface area (Å²) in [6.45, 7) is 1.90. The first kappa shape index (κ1) is 8.78. The van der Waals surface area contributed by atoms with Crippen molar-refractivity contribution in [3.8, 4) is 0 Å². The van der Waals surface area contributed by atoms with Gasteiger partial charge in [0.05, 0.1) is 5.75 Å². The third kappa shape index (κ3) is 7.78. The van der Waals surface area contributed by atoms with Crippen LogP contribution in [0.4, 0.5) is 0 Å². The van der Waals surface area contributed by atoms with Crippen molar-refractivity contribution in [3.63, 3.8) is 0 Å². The minimum Gasteiger partial charge on any atom is -0.369 e. The van der Waals surface area contributed by atoms with Gasteiger partial charge in [0.15, 0.2) is 0 Å². The summed E-state index contributed by atoms with van der Waals surface area (Å²) in [6.07, 6.45) is 0. The van der Waals surface area contributed by atoms with Crippen LogP contribution in [0.2, 0.25) is 0 Å². The highest BCUT2D eigenvalue weighted by Crippen LogP contribution is 1.98. The summed E-state index contributed by atoms with van der Waals surface area (Å²) in [6, 6.07) is 0.148. The second-order valence-corrected chi connectivity index (χ2v) is 2.99. The summed E-state index contributed by atoms with van der Waals surface area (Å²) >= 11 is 1.47. The van der Waals surface area contributed by atoms with Gasteiger partial charge in [-0.3, -0.25) is 4.79 Å². The molecule has 0 radical (unpaired) electrons. The highest BCUT2D eigenvalue weighted by atomic mass is 32.2. The molecule has 0 unspecified atom stereocenters. The molecule has 0 aromatic rings. The molecule has 0 saturated carbocycles. The first-order chi connectivity index (χ1) is 4.13. The first-order valence-corrected chi connectivity index (χ1v) is 3.90. The van der Waals surface area contributed by atoms with E-state index in [1.807, 2.05) is 6.92 Å². The van der Waals surface area contributed by atoms with Gasteiger partial charge in [-0.15, -0.1) is 0 Å². The van der Waals surface area contributed by atoms with Crippen LogP contribution in [-0.4, -0.2) is 23.5 Å². The van der Waals surface area contributed by atoms with Gasteiger partial charge >= 0.3 is 0 Å². The molecule has 0 spiro atoms. The zero-order valence-corrected chi connectivity index (χ0v) is 6.28. The van der Waals surface area contributed by atoms with E-state index in [1.165, 1.54) is 11.8 Å². The molecule has 9 heavy (non-hydrogen) atoms. The van der Waals surface area contributed by atoms with Gasteiger partial charge in [-0.2, -0.15) is 11.8 Å². The van der Waals surface area contributed by atoms with Crippen molar-refractivity contribution >= 4 is 17.7 Å². The van der Waals surface area contributed by atoms with Gasteiger partial charge < -0.3 is 11.5 Å². The Hall–Kier alpha value is -0.220. The van der Waals surface area contributed by atoms with E-state index in [4.69, 9.17) is 11.5 Å². The fourth-order valence-corrected chi connectivity index (χ4v) is 1.04. The molecular formula is C5H12N2OS. The standard InChI is InChI=1S/C5H12N2OS/c1-4(6)2-9-3-5(7)8/h4H,2-3,6H2,1H3,(H2,7,8)/t4-/m0/s1. The maximum Gasteiger partial charge on any atom is 0.227 e. The van der Waals surface area contributed by atoms with Crippen molar-refractivity contribution in [2.45, 2.75) is 13.0 Å². The van der Waals surface area contributed by atoms with Gasteiger partial charge in [0.1, 0.15) is 0 Å². The molecular weight excluding hydrogens is 136 g/mol. The second-order valence-electron chi connectivity index (χ2n) is 1.96. The zero-order chi connectivity index (χ0) is 7.28. The third-order valence-electron chi connectivity index (χ3n) is 0.625. The molecule has 0 rings (SSSR count). The van der Waals surface area contributed by atoms with E-state index in [-0.39, 0.29) is 11.9 Å². The lowest BCUT2D eigenvalue weighted by Crippen LogP contribution is -2.20. The molecule has 0 aliphatic heterocycles. The second kappa shape index (κ2) is 4.64. The van der Waals surface area contributed by atoms with Crippen molar-refractivity contribution in [3.05, 3.63) is 0 Å². The van der Waals surface area contributed by atoms with Crippen LogP contribution in [0.3, 0.4) is 0 Å². The highest BCUT2D eigenvalue weighted by Gasteiger charge is 1.96. The number of carbonyl (C=O) groups is 1. The average molecular weight is 148 g/mol. The number of nitrogens with two attached hydrogens (primary N) is 2. The molecule has 0 fully saturated rings. The first-order valence-electron chi connectivity index (χ1n) is 2.74. The molecule has 1 atom stereocenters. The van der Waals surface area contributed by atoms with Gasteiger partial charge in [0.2, 0.25) is 5.91 Å². The highest BCUT2D eigenvalue weighted by molar-refractivity contribution is 7.99. The topological polar surface area (TPSA) is 69.1 Å². The van der Waals surface area contributed by atoms with Crippen molar-refractivity contribution < 1.29 is 4.79 Å². The van der Waals surface area contributed by atoms with E-state index in [9.17, 15) is 4.79 Å². The Kier molecular flexibility index (Phi) is 4.53. The number of amides is 1. The predicted molar refractivity (Wildman–Crippen MR) is 40.2 cm³/mol. The summed E-state index contributed by atoms with van der Waals surface area (Å²) in [5.74, 6) is 0.894. The van der Waals surface area contributed by atoms with Crippen molar-refractivity contribution in [2.75, 3.05) is 11.5 Å². The normalized spacial score (nSPS) is 13.1. The fraction of sp³-hybridized carbons (Fsp3) is 0.800. The largest absolute Gasteiger partial charge is 0.369 e. The smallest absolute Gasteiger partial charge is 0.227 e. The minimum absolute atomic E-state index is 0.148. The summed E-state index contributed by atoms with van der Waals surface area (Å²) in [7, 11) is 0. The Balaban J connectivity index is 3.01. The van der Waals surface area contributed by atoms with Crippen LogP contribution in [0.1, 0.15) is 6.92 Å². The number of hydrogen-bond acceptors (Lipinski definition) is 3. The summed E-state index contributed by atoms with van der Waals surface area (Å²) in [4.78, 5) is 10.1. The molecule has 0 aromatic carbocycles. The number of primary amides is 1. The van der Waals surface area contributed by atoms with E-state index < -0.39 is 0 Å². The Labute approximate surface area is 59.2 Å². The lowest BCUT2D eigenvalue weighted by Gasteiger charge is -2.00. The van der Waals surface area contributed by atoms with E-state index >= 15 is 0 Å². The third-order valence-corrected chi connectivity index (χ3v) is 1.88. The van der Waals surface area contributed by atoms with Gasteiger partial charge in [-0.25, -0.2) is 0 Å². The Morgan fingerprint density at radius 2 is 2.33 bits per heavy atom. The van der Waals surface area contributed by atoms with Gasteiger partial charge in [0.25, 0.3) is 0 Å². The number of carbonyl (C=O) groups excluding carboxylic acids is 1. The quantitative estimate of drug-likeness (QED) is 0.567. The predicted octanol–water partition coefficient (Wildman–Crippen LogP) is -0.448. The van der Waals surface area contributed by atoms with Crippen LogP contribution >= 0.6 is 11.8 Å². The summed E-state index contributed by atoms with van der Waals surface area (Å²) in [5, 5.41) is 0. The van der Waals surface area contributed by atoms with Crippen LogP contribution in [0.15, 0.2) is 0 Å². The summed E-state index contributed by atoms with van der Waals surface area (Å²) in [5.41, 5.74) is 10.3. The Bertz CT molecular complexity index is 95.0. The van der Waals surface area contributed by atoms with E-state index in [1.54, 1.807) is 0 Å². The molecule has 1 amide bonds. The Morgan fingerprint density at radius 1 is 1.78 bits per heavy atom. The number of rotatable bonds is 4. The maximum absolute atomic E-state index is 10.1. The molecule has 4 N–H and O–H groups in total. The van der Waals surface area contributed by atoms with Crippen molar-refractivity contribution in [1.82, 2.24) is 0 Å². The molecule has 0 bridgehead atoms. The van der Waals surface area contributed by atoms with E-state index in [2.05, 4.69) is 0 Å². The SMILES string of the molecule is C[C@H](N)CSCC(N)=O. The van der Waals surface area contributed by atoms with Crippen molar-refractivity contribution in [2.24, 2.45) is 11.5 Å². The van der Waals surface area contributed by atoms with Crippen LogP contribution < -0.4 is 11.5 Å². The zero-order valence-electron chi connectivity index (χ0n) is 5.46. The Morgan fingerprint density at radius 3 is 2.67 bits per heavy atom. The fourth-order valence-electron chi connectivity index (χ4n) is 0.345. The van der Waals surface area contributed by atoms with Crippen molar-refractivity contribution in [1.29, 1.82) is 0 Å². The molecule has 0 saturated heterocycles. The van der Waals surface area contributed by atoms with Crippen LogP contribution in [0, 0.1) is 0 Å². The molecule has 0 aliphatic carbocycles. The minimum atomic E-state index is -0.277. The van der Waals surface area contributed by atoms with Crippen LogP contribution in [-0.2, 0) is 4.79 Å². The lowest BCUT2D eigenvalue weighted by molar-refractivity contribution is -0.115. The van der Waals surface area contributed by atoms with E-state index in [0.717, 1.165) is 5.75 Å². The van der Waals surface area contributed by atoms with Crippen LogP contribution in [0.5, 0.6) is 0 Å². The molecule has 54 valence electrons. The summed E-state index contributed by atoms with van der Waals surface area (Å²) < 4.78 is 0. The molecule has 0 aromatic heterocycles. The van der Waals surface area contributed by atoms with Gasteiger partial charge in [0, 0.05) is 11.8 Å². The number of hydrogen-bond donors (Lipinski definition) is 2.